The fourth-order valence-electron chi connectivity index (χ4n) is 8.30. The molecule has 0 unspecified atom stereocenters. The second kappa shape index (κ2) is 25.4. The van der Waals surface area contributed by atoms with Crippen molar-refractivity contribution >= 4 is 92.8 Å². The predicted octanol–water partition coefficient (Wildman–Crippen LogP) is -6.52. The zero-order chi connectivity index (χ0) is 48.2. The Bertz CT molecular complexity index is 4040. The minimum atomic E-state index is -4.86. The van der Waals surface area contributed by atoms with Gasteiger partial charge in [-0.25, -0.2) is 37.6 Å². The number of Topliss-reactive ketones (excluding diaryl/α,β-unsaturated/α-hetero) is 1. The van der Waals surface area contributed by atoms with Crippen LogP contribution in [-0.4, -0.2) is 63.5 Å². The number of carbonyl (C=O) groups excluding carboxylic acids is 3. The Kier molecular flexibility index (Phi) is 21.1. The molecule has 22 heteroatoms. The number of anilines is 2. The molecule has 0 atom stereocenters. The van der Waals surface area contributed by atoms with Crippen molar-refractivity contribution in [3.05, 3.63) is 179 Å². The van der Waals surface area contributed by atoms with Gasteiger partial charge in [0.25, 0.3) is 5.91 Å². The number of carbonyl (C=O) groups is 3. The first-order valence-electron chi connectivity index (χ1n) is 21.1. The Morgan fingerprint density at radius 2 is 1.14 bits per heavy atom. The number of amides is 2. The molecule has 0 aliphatic heterocycles. The quantitative estimate of drug-likeness (QED) is 0.0509. The first kappa shape index (κ1) is 61.5. The van der Waals surface area contributed by atoms with Crippen molar-refractivity contribution in [2.45, 2.75) is 29.6 Å². The van der Waals surface area contributed by atoms with Crippen LogP contribution in [0.25, 0.3) is 66.4 Å². The zero-order valence-electron chi connectivity index (χ0n) is 41.0. The summed E-state index contributed by atoms with van der Waals surface area (Å²) in [4.78, 5) is 55.4. The number of hydrogen-bond acceptors (Lipinski definition) is 11. The molecule has 2 aromatic heterocycles. The van der Waals surface area contributed by atoms with Crippen molar-refractivity contribution in [2.24, 2.45) is 0 Å². The molecule has 0 radical (unpaired) electrons. The van der Waals surface area contributed by atoms with Crippen LogP contribution in [0.2, 0.25) is 0 Å². The molecule has 0 bridgehead atoms. The first-order valence-corrected chi connectivity index (χ1v) is 23.9. The number of aromatic nitrogens is 4. The molecule has 0 aliphatic carbocycles. The molecular formula is C52H33N6Na5O9S2. The molecule has 4 N–H and O–H groups in total. The Morgan fingerprint density at radius 3 is 1.68 bits per heavy atom. The van der Waals surface area contributed by atoms with Crippen molar-refractivity contribution in [2.75, 3.05) is 10.6 Å². The molecule has 0 saturated carbocycles. The summed E-state index contributed by atoms with van der Waals surface area (Å²) in [6.45, 7) is 1.67. The number of hydrogen-bond donors (Lipinski definition) is 4. The molecular weight excluding hydrogens is 1030 g/mol. The molecule has 0 aliphatic rings. The first-order chi connectivity index (χ1) is 33.0. The maximum absolute atomic E-state index is 13.5. The Morgan fingerprint density at radius 1 is 0.595 bits per heavy atom. The average molecular weight is 1060 g/mol. The second-order valence-corrected chi connectivity index (χ2v) is 19.1. The topological polar surface area (TPSA) is 247 Å². The summed E-state index contributed by atoms with van der Waals surface area (Å²) >= 11 is 0. The number of nitrogens with zero attached hydrogens (tertiary/aromatic N) is 2. The monoisotopic (exact) mass is 1060 g/mol. The Balaban J connectivity index is 0.00000203. The third-order valence-electron chi connectivity index (χ3n) is 11.4. The number of rotatable bonds is 12. The van der Waals surface area contributed by atoms with Gasteiger partial charge in [0.2, 0.25) is 5.91 Å². The number of aryl methyl sites for hydroxylation is 1. The fraction of sp³-hybridized carbons (Fsp3) is 0.0577. The zero-order valence-corrected chi connectivity index (χ0v) is 52.6. The van der Waals surface area contributed by atoms with Gasteiger partial charge in [-0.1, -0.05) is 53.0 Å². The number of nitrogens with one attached hydrogen (secondary N) is 4. The van der Waals surface area contributed by atoms with Crippen molar-refractivity contribution < 1.29 is 188 Å². The van der Waals surface area contributed by atoms with Gasteiger partial charge in [0, 0.05) is 50.6 Å². The summed E-state index contributed by atoms with van der Waals surface area (Å²) in [6.07, 6.45) is 0.281. The van der Waals surface area contributed by atoms with E-state index >= 15 is 0 Å². The van der Waals surface area contributed by atoms with E-state index in [4.69, 9.17) is 9.97 Å². The maximum atomic E-state index is 13.5. The summed E-state index contributed by atoms with van der Waals surface area (Å²) in [7, 11) is -9.67. The van der Waals surface area contributed by atoms with E-state index in [0.29, 0.717) is 55.4 Å². The average Bonchev–Trinajstić information content (AvgIpc) is 3.95. The van der Waals surface area contributed by atoms with Gasteiger partial charge in [0.15, 0.2) is 0 Å². The van der Waals surface area contributed by atoms with Gasteiger partial charge in [0.05, 0.1) is 22.1 Å². The van der Waals surface area contributed by atoms with Gasteiger partial charge in [-0.05, 0) is 78.7 Å². The summed E-state index contributed by atoms with van der Waals surface area (Å²) < 4.78 is 72.0. The summed E-state index contributed by atoms with van der Waals surface area (Å²) in [5.74, 6) is -0.0984. The van der Waals surface area contributed by atoms with Crippen LogP contribution in [0.3, 0.4) is 0 Å². The molecule has 2 heterocycles. The molecule has 0 fully saturated rings. The van der Waals surface area contributed by atoms with Crippen LogP contribution < -0.4 is 158 Å². The van der Waals surface area contributed by atoms with E-state index in [9.17, 15) is 40.3 Å². The van der Waals surface area contributed by atoms with E-state index in [2.05, 4.69) is 38.8 Å². The van der Waals surface area contributed by atoms with Crippen LogP contribution in [0.15, 0.2) is 143 Å². The van der Waals surface area contributed by atoms with Gasteiger partial charge in [-0.15, -0.1) is 17.5 Å². The number of aromatic amines is 2. The molecule has 74 heavy (non-hydrogen) atoms. The van der Waals surface area contributed by atoms with Crippen LogP contribution in [0, 0.1) is 25.1 Å². The van der Waals surface area contributed by atoms with Crippen molar-refractivity contribution in [3.63, 3.8) is 0 Å². The number of fused-ring (bicyclic) bond motifs is 4. The minimum absolute atomic E-state index is 0. The SMILES string of the molecule is Cc1cc(S(=O)(=O)[O-])c2c(NC(=O)c3ccc4nc(-c5cccc(CC(=O)Cc6cccc(-c7nc8ccc(C(=O)Nc9cc(S(=O)(=O)[O-])cc%10c[c-]c[c-]c9%10)cc8[nH]7)c6)c5)[nH]c4c3)c[c-]cc2c1.[Na+].[Na+].[Na+].[Na+].[Na+]. The Labute approximate surface area is 535 Å². The number of H-pyrrole nitrogens is 2. The van der Waals surface area contributed by atoms with Crippen molar-refractivity contribution in [3.8, 4) is 22.8 Å². The van der Waals surface area contributed by atoms with E-state index in [0.717, 1.165) is 28.3 Å². The van der Waals surface area contributed by atoms with Gasteiger partial charge < -0.3 is 47.9 Å². The summed E-state index contributed by atoms with van der Waals surface area (Å²) in [6, 6.07) is 44.4. The minimum Gasteiger partial charge on any atom is -0.744 e. The third kappa shape index (κ3) is 13.7. The smallest absolute Gasteiger partial charge is 0.744 e. The van der Waals surface area contributed by atoms with Crippen LogP contribution >= 0.6 is 0 Å². The van der Waals surface area contributed by atoms with E-state index in [-0.39, 0.29) is 194 Å². The molecule has 10 rings (SSSR count). The van der Waals surface area contributed by atoms with Crippen molar-refractivity contribution in [1.29, 1.82) is 0 Å². The number of imidazole rings is 2. The maximum Gasteiger partial charge on any atom is 1.00 e. The molecule has 342 valence electrons. The Hall–Kier alpha value is -3.35. The van der Waals surface area contributed by atoms with Gasteiger partial charge >= 0.3 is 148 Å². The molecule has 2 amide bonds. The van der Waals surface area contributed by atoms with Crippen LogP contribution in [0.1, 0.15) is 37.4 Å². The second-order valence-electron chi connectivity index (χ2n) is 16.4. The van der Waals surface area contributed by atoms with E-state index < -0.39 is 41.8 Å². The standard InChI is InChI=1S/C52H35N6O9S2.5Na/c1-29-19-33-10-6-14-43(48(33)47(20-29)69(65,66)67)57-51(60)36-15-17-41-45(26-36)55-49(53-41)34-11-4-7-30(21-34)23-38(59)24-31-8-5-12-35(22-31)50-54-42-18-16-37(27-46(42)56-50)52(61)58-44-28-39(68(62,63)64)25-32-9-2-3-13-40(32)44;;;;;/h3-5,7-12,14-22,25-28H,23-24H2,1H3,(H,53,55)(H,54,56)(H,57,60)(H,58,61)(H,62,63,64)(H,65,66,67);;;;;/q-3;5*+1/p-2. The van der Waals surface area contributed by atoms with Crippen LogP contribution in [-0.2, 0) is 37.9 Å². The van der Waals surface area contributed by atoms with Crippen molar-refractivity contribution in [1.82, 2.24) is 19.9 Å². The number of ketones is 1. The normalized spacial score (nSPS) is 11.1. The molecule has 0 spiro atoms. The predicted molar refractivity (Wildman–Crippen MR) is 256 cm³/mol. The largest absolute Gasteiger partial charge is 1.00 e. The van der Waals surface area contributed by atoms with Crippen LogP contribution in [0.4, 0.5) is 11.4 Å². The van der Waals surface area contributed by atoms with Crippen LogP contribution in [0.5, 0.6) is 0 Å². The third-order valence-corrected chi connectivity index (χ3v) is 13.1. The van der Waals surface area contributed by atoms with E-state index in [1.807, 2.05) is 48.5 Å². The van der Waals surface area contributed by atoms with Gasteiger partial charge in [-0.3, -0.25) is 20.4 Å². The van der Waals surface area contributed by atoms with E-state index in [1.165, 1.54) is 30.3 Å². The molecule has 8 aromatic carbocycles. The van der Waals surface area contributed by atoms with Gasteiger partial charge in [0.1, 0.15) is 37.7 Å². The number of benzene rings is 8. The molecule has 10 aromatic rings. The van der Waals surface area contributed by atoms with Gasteiger partial charge in [-0.2, -0.15) is 18.2 Å². The van der Waals surface area contributed by atoms with E-state index in [1.54, 1.807) is 55.5 Å². The fourth-order valence-corrected chi connectivity index (χ4v) is 9.65. The summed E-state index contributed by atoms with van der Waals surface area (Å²) in [5.41, 5.74) is 6.54. The summed E-state index contributed by atoms with van der Waals surface area (Å²) in [5, 5.41) is 6.77. The molecule has 15 nitrogen and oxygen atoms in total. The molecule has 0 saturated heterocycles.